The van der Waals surface area contributed by atoms with Gasteiger partial charge in [-0.25, -0.2) is 9.97 Å². The van der Waals surface area contributed by atoms with E-state index in [1.807, 2.05) is 0 Å². The number of rotatable bonds is 5. The van der Waals surface area contributed by atoms with Gasteiger partial charge in [0.15, 0.2) is 0 Å². The zero-order valence-electron chi connectivity index (χ0n) is 30.3. The van der Waals surface area contributed by atoms with E-state index in [9.17, 15) is 0 Å². The van der Waals surface area contributed by atoms with E-state index in [1.54, 1.807) is 0 Å². The van der Waals surface area contributed by atoms with Crippen LogP contribution in [0.15, 0.2) is 194 Å². The van der Waals surface area contributed by atoms with Gasteiger partial charge in [0.05, 0.1) is 33.5 Å². The molecule has 0 bridgehead atoms. The first kappa shape index (κ1) is 30.9. The van der Waals surface area contributed by atoms with Crippen LogP contribution in [-0.4, -0.2) is 19.1 Å². The van der Waals surface area contributed by atoms with Crippen molar-refractivity contribution in [3.63, 3.8) is 0 Å². The lowest BCUT2D eigenvalue weighted by atomic mass is 9.92. The Hall–Kier alpha value is -7.56. The largest absolute Gasteiger partial charge is 0.309 e. The van der Waals surface area contributed by atoms with E-state index in [-0.39, 0.29) is 0 Å². The fraction of sp³-hybridized carbons (Fsp3) is 0. The Morgan fingerprint density at radius 2 is 0.839 bits per heavy atom. The first-order valence-corrected chi connectivity index (χ1v) is 19.1. The highest BCUT2D eigenvalue weighted by atomic mass is 15.2. The summed E-state index contributed by atoms with van der Waals surface area (Å²) in [7, 11) is 0. The Bertz CT molecular complexity index is 3450. The fourth-order valence-corrected chi connectivity index (χ4v) is 9.17. The minimum atomic E-state index is 0.633. The number of nitrogens with zero attached hydrogens (tertiary/aromatic N) is 4. The summed E-state index contributed by atoms with van der Waals surface area (Å²) in [5, 5.41) is 9.99. The van der Waals surface area contributed by atoms with Gasteiger partial charge in [-0.3, -0.25) is 4.57 Å². The van der Waals surface area contributed by atoms with Gasteiger partial charge < -0.3 is 4.57 Å². The second-order valence-electron chi connectivity index (χ2n) is 14.5. The van der Waals surface area contributed by atoms with Gasteiger partial charge in [-0.05, 0) is 63.7 Å². The smallest absolute Gasteiger partial charge is 0.235 e. The molecule has 12 rings (SSSR count). The van der Waals surface area contributed by atoms with Crippen molar-refractivity contribution in [2.45, 2.75) is 0 Å². The lowest BCUT2D eigenvalue weighted by molar-refractivity contribution is 0.996. The topological polar surface area (TPSA) is 35.6 Å². The molecule has 0 atom stereocenters. The van der Waals surface area contributed by atoms with Crippen LogP contribution in [0, 0.1) is 0 Å². The third-order valence-corrected chi connectivity index (χ3v) is 11.5. The molecule has 3 aromatic heterocycles. The molecule has 4 nitrogen and oxygen atoms in total. The first-order valence-electron chi connectivity index (χ1n) is 19.1. The Balaban J connectivity index is 1.27. The Kier molecular flexibility index (Phi) is 6.60. The van der Waals surface area contributed by atoms with E-state index < -0.39 is 0 Å². The first-order chi connectivity index (χ1) is 27.8. The van der Waals surface area contributed by atoms with E-state index >= 15 is 0 Å². The van der Waals surface area contributed by atoms with Crippen molar-refractivity contribution in [2.24, 2.45) is 0 Å². The van der Waals surface area contributed by atoms with Gasteiger partial charge in [0.1, 0.15) is 0 Å². The van der Waals surface area contributed by atoms with E-state index in [4.69, 9.17) is 9.97 Å². The summed E-state index contributed by atoms with van der Waals surface area (Å²) < 4.78 is 4.74. The van der Waals surface area contributed by atoms with E-state index in [0.29, 0.717) is 5.95 Å². The molecule has 0 N–H and O–H groups in total. The molecule has 0 unspecified atom stereocenters. The molecule has 56 heavy (non-hydrogen) atoms. The van der Waals surface area contributed by atoms with Gasteiger partial charge in [-0.1, -0.05) is 158 Å². The van der Waals surface area contributed by atoms with Gasteiger partial charge in [0.25, 0.3) is 0 Å². The van der Waals surface area contributed by atoms with Crippen LogP contribution in [0.5, 0.6) is 0 Å². The van der Waals surface area contributed by atoms with Crippen molar-refractivity contribution in [3.8, 4) is 45.3 Å². The maximum atomic E-state index is 5.52. The van der Waals surface area contributed by atoms with Gasteiger partial charge in [0, 0.05) is 43.7 Å². The molecule has 0 aliphatic carbocycles. The van der Waals surface area contributed by atoms with Crippen LogP contribution in [0.3, 0.4) is 0 Å². The molecule has 9 aromatic carbocycles. The summed E-state index contributed by atoms with van der Waals surface area (Å²) in [6.45, 7) is 0. The fourth-order valence-electron chi connectivity index (χ4n) is 9.17. The maximum Gasteiger partial charge on any atom is 0.235 e. The van der Waals surface area contributed by atoms with Crippen LogP contribution in [0.2, 0.25) is 0 Å². The second kappa shape index (κ2) is 12.0. The maximum absolute atomic E-state index is 5.52. The average Bonchev–Trinajstić information content (AvgIpc) is 3.79. The summed E-state index contributed by atoms with van der Waals surface area (Å²) >= 11 is 0. The van der Waals surface area contributed by atoms with Crippen LogP contribution in [0.1, 0.15) is 0 Å². The normalized spacial score (nSPS) is 11.9. The average molecular weight is 713 g/mol. The minimum Gasteiger partial charge on any atom is -0.309 e. The number of para-hydroxylation sites is 2. The van der Waals surface area contributed by atoms with Crippen LogP contribution in [0.4, 0.5) is 0 Å². The van der Waals surface area contributed by atoms with Crippen molar-refractivity contribution in [1.82, 2.24) is 19.1 Å². The second-order valence-corrected chi connectivity index (χ2v) is 14.5. The molecular formula is C52H32N4. The molecular weight excluding hydrogens is 681 g/mol. The van der Waals surface area contributed by atoms with Gasteiger partial charge >= 0.3 is 0 Å². The monoisotopic (exact) mass is 712 g/mol. The molecule has 3 heterocycles. The van der Waals surface area contributed by atoms with Crippen LogP contribution in [0.25, 0.3) is 110 Å². The van der Waals surface area contributed by atoms with Crippen molar-refractivity contribution in [3.05, 3.63) is 194 Å². The molecule has 0 aliphatic rings. The predicted octanol–water partition coefficient (Wildman–Crippen LogP) is 13.4. The van der Waals surface area contributed by atoms with Crippen molar-refractivity contribution >= 4 is 65.2 Å². The lowest BCUT2D eigenvalue weighted by Crippen LogP contribution is -2.04. The van der Waals surface area contributed by atoms with E-state index in [1.165, 1.54) is 48.6 Å². The number of hydrogen-bond acceptors (Lipinski definition) is 2. The summed E-state index contributed by atoms with van der Waals surface area (Å²) in [4.78, 5) is 11.0. The Morgan fingerprint density at radius 3 is 1.62 bits per heavy atom. The van der Waals surface area contributed by atoms with Gasteiger partial charge in [-0.15, -0.1) is 0 Å². The molecule has 0 saturated heterocycles. The number of hydrogen-bond donors (Lipinski definition) is 0. The van der Waals surface area contributed by atoms with E-state index in [2.05, 4.69) is 203 Å². The molecule has 0 fully saturated rings. The molecule has 260 valence electrons. The standard InChI is InChI=1S/C52H32N4/c1-4-17-33(18-5-1)36-23-10-12-25-38(36)43-31-42(34-19-6-2-7-20-34)53-52(54-43)56-44-29-15-14-27-41(44)49-46(56)32-47-51-48-39(37-24-11-13-26-40(37)50(49)51)28-16-30-45(48)55(47)35-21-8-3-9-22-35/h1-32H. The highest BCUT2D eigenvalue weighted by Gasteiger charge is 2.26. The summed E-state index contributed by atoms with van der Waals surface area (Å²) in [6.07, 6.45) is 0. The molecule has 0 amide bonds. The SMILES string of the molecule is c1ccc(-c2cc(-c3ccccc3-c3ccccc3)nc(-n3c4ccccc4c4c5c6ccccc6c6cccc7c6c5c(cc43)n7-c3ccccc3)n2)cc1. The van der Waals surface area contributed by atoms with Crippen LogP contribution in [-0.2, 0) is 0 Å². The zero-order valence-corrected chi connectivity index (χ0v) is 30.3. The van der Waals surface area contributed by atoms with Crippen molar-refractivity contribution in [1.29, 1.82) is 0 Å². The highest BCUT2D eigenvalue weighted by molar-refractivity contribution is 6.41. The summed E-state index contributed by atoms with van der Waals surface area (Å²) in [6, 6.07) is 69.3. The number of aromatic nitrogens is 4. The van der Waals surface area contributed by atoms with Gasteiger partial charge in [-0.2, -0.15) is 0 Å². The van der Waals surface area contributed by atoms with Crippen LogP contribution < -0.4 is 0 Å². The third-order valence-electron chi connectivity index (χ3n) is 11.5. The molecule has 4 heteroatoms. The molecule has 0 saturated carbocycles. The minimum absolute atomic E-state index is 0.633. The zero-order chi connectivity index (χ0) is 36.7. The molecule has 12 aromatic rings. The summed E-state index contributed by atoms with van der Waals surface area (Å²) in [5.41, 5.74) is 11.7. The van der Waals surface area contributed by atoms with Crippen LogP contribution >= 0.6 is 0 Å². The Labute approximate surface area is 322 Å². The number of fused-ring (bicyclic) bond motifs is 7. The molecule has 0 radical (unpaired) electrons. The third kappa shape index (κ3) is 4.41. The quantitative estimate of drug-likeness (QED) is 0.167. The van der Waals surface area contributed by atoms with Gasteiger partial charge in [0.2, 0.25) is 5.95 Å². The van der Waals surface area contributed by atoms with Crippen molar-refractivity contribution < 1.29 is 0 Å². The predicted molar refractivity (Wildman–Crippen MR) is 233 cm³/mol. The summed E-state index contributed by atoms with van der Waals surface area (Å²) in [5.74, 6) is 0.633. The number of benzene rings is 9. The Morgan fingerprint density at radius 1 is 0.304 bits per heavy atom. The lowest BCUT2D eigenvalue weighted by Gasteiger charge is -2.15. The van der Waals surface area contributed by atoms with E-state index in [0.717, 1.165) is 55.9 Å². The molecule has 0 spiro atoms. The highest BCUT2D eigenvalue weighted by Crippen LogP contribution is 2.49. The van der Waals surface area contributed by atoms with Crippen molar-refractivity contribution in [2.75, 3.05) is 0 Å². The molecule has 0 aliphatic heterocycles.